The fraction of sp³-hybridized carbons (Fsp3) is 0.125. The minimum Gasteiger partial charge on any atom is -0.438 e. The van der Waals surface area contributed by atoms with Crippen molar-refractivity contribution in [1.82, 2.24) is 15.3 Å². The maximum absolute atomic E-state index is 12.1. The molecule has 0 radical (unpaired) electrons. The number of nitrogens with two attached hydrogens (primary N) is 1. The number of hydrogen-bond acceptors (Lipinski definition) is 7. The number of aromatic nitrogens is 2. The molecule has 0 saturated carbocycles. The van der Waals surface area contributed by atoms with Gasteiger partial charge in [0.2, 0.25) is 11.8 Å². The molecule has 4 aromatic rings. The molecule has 0 aliphatic heterocycles. The minimum absolute atomic E-state index is 0.105. The number of ether oxygens (including phenoxy) is 1. The van der Waals surface area contributed by atoms with Crippen molar-refractivity contribution in [3.8, 4) is 11.6 Å². The highest BCUT2D eigenvalue weighted by Gasteiger charge is 2.10. The Labute approximate surface area is 185 Å². The Bertz CT molecular complexity index is 1280. The Morgan fingerprint density at radius 3 is 2.69 bits per heavy atom. The van der Waals surface area contributed by atoms with Crippen molar-refractivity contribution < 1.29 is 14.6 Å². The molecule has 0 unspecified atom stereocenters. The van der Waals surface area contributed by atoms with Gasteiger partial charge in [-0.3, -0.25) is 4.79 Å². The van der Waals surface area contributed by atoms with Crippen LogP contribution in [-0.2, 0) is 0 Å². The standard InChI is InChI=1S/C24H23N5O3/c1-15-14-16(23(31)26-12-13-30)6-8-20(15)28-24-27-11-10-22(29-24)32-21-9-7-19(25)17-4-2-3-5-18(17)21/h2-11,14,30H,12-13,25H2,1H3,(H,26,31)(H,27,28,29). The third kappa shape index (κ3) is 4.60. The number of nitrogens with one attached hydrogen (secondary N) is 2. The first-order chi connectivity index (χ1) is 15.5. The van der Waals surface area contributed by atoms with E-state index in [1.54, 1.807) is 36.5 Å². The van der Waals surface area contributed by atoms with E-state index in [0.29, 0.717) is 28.8 Å². The van der Waals surface area contributed by atoms with Gasteiger partial charge >= 0.3 is 0 Å². The van der Waals surface area contributed by atoms with Crippen molar-refractivity contribution >= 4 is 34.0 Å². The Hall–Kier alpha value is -4.17. The Kier molecular flexibility index (Phi) is 6.14. The van der Waals surface area contributed by atoms with E-state index in [2.05, 4.69) is 20.6 Å². The number of benzene rings is 3. The van der Waals surface area contributed by atoms with Crippen LogP contribution in [-0.4, -0.2) is 34.1 Å². The number of aliphatic hydroxyl groups excluding tert-OH is 1. The van der Waals surface area contributed by atoms with Crippen LogP contribution in [0, 0.1) is 6.92 Å². The van der Waals surface area contributed by atoms with Crippen LogP contribution in [0.3, 0.4) is 0 Å². The molecule has 0 saturated heterocycles. The first-order valence-electron chi connectivity index (χ1n) is 10.1. The number of anilines is 3. The van der Waals surface area contributed by atoms with E-state index < -0.39 is 0 Å². The molecule has 0 fully saturated rings. The number of nitrogen functional groups attached to an aromatic ring is 1. The van der Waals surface area contributed by atoms with Gasteiger partial charge in [-0.25, -0.2) is 4.98 Å². The fourth-order valence-corrected chi connectivity index (χ4v) is 3.29. The lowest BCUT2D eigenvalue weighted by Crippen LogP contribution is -2.26. The number of aliphatic hydroxyl groups is 1. The predicted molar refractivity (Wildman–Crippen MR) is 124 cm³/mol. The third-order valence-corrected chi connectivity index (χ3v) is 4.89. The molecular formula is C24H23N5O3. The summed E-state index contributed by atoms with van der Waals surface area (Å²) < 4.78 is 6.02. The highest BCUT2D eigenvalue weighted by atomic mass is 16.5. The topological polar surface area (TPSA) is 122 Å². The highest BCUT2D eigenvalue weighted by Crippen LogP contribution is 2.32. The molecule has 1 aromatic heterocycles. The summed E-state index contributed by atoms with van der Waals surface area (Å²) in [6, 6.07) is 18.3. The number of aryl methyl sites for hydroxylation is 1. The average molecular weight is 429 g/mol. The van der Waals surface area contributed by atoms with Crippen LogP contribution in [0.15, 0.2) is 66.9 Å². The van der Waals surface area contributed by atoms with Crippen molar-refractivity contribution in [2.75, 3.05) is 24.2 Å². The maximum atomic E-state index is 12.1. The van der Waals surface area contributed by atoms with Crippen molar-refractivity contribution in [3.63, 3.8) is 0 Å². The summed E-state index contributed by atoms with van der Waals surface area (Å²) in [5.74, 6) is 1.16. The van der Waals surface area contributed by atoms with Gasteiger partial charge in [-0.2, -0.15) is 4.98 Å². The van der Waals surface area contributed by atoms with Crippen molar-refractivity contribution in [1.29, 1.82) is 0 Å². The zero-order chi connectivity index (χ0) is 22.5. The zero-order valence-corrected chi connectivity index (χ0v) is 17.5. The Morgan fingerprint density at radius 2 is 1.91 bits per heavy atom. The molecule has 4 rings (SSSR count). The van der Waals surface area contributed by atoms with Gasteiger partial charge < -0.3 is 26.2 Å². The maximum Gasteiger partial charge on any atom is 0.251 e. The Balaban J connectivity index is 1.53. The summed E-state index contributed by atoms with van der Waals surface area (Å²) in [4.78, 5) is 20.8. The summed E-state index contributed by atoms with van der Waals surface area (Å²) >= 11 is 0. The lowest BCUT2D eigenvalue weighted by molar-refractivity contribution is 0.0944. The molecule has 5 N–H and O–H groups in total. The van der Waals surface area contributed by atoms with Crippen molar-refractivity contribution in [2.45, 2.75) is 6.92 Å². The number of fused-ring (bicyclic) bond motifs is 1. The number of rotatable bonds is 7. The molecule has 0 aliphatic carbocycles. The summed E-state index contributed by atoms with van der Waals surface area (Å²) in [7, 11) is 0. The molecular weight excluding hydrogens is 406 g/mol. The third-order valence-electron chi connectivity index (χ3n) is 4.89. The number of carbonyl (C=O) groups excluding carboxylic acids is 1. The zero-order valence-electron chi connectivity index (χ0n) is 17.5. The quantitative estimate of drug-likeness (QED) is 0.330. The van der Waals surface area contributed by atoms with E-state index >= 15 is 0 Å². The molecule has 8 nitrogen and oxygen atoms in total. The Morgan fingerprint density at radius 1 is 1.09 bits per heavy atom. The normalized spacial score (nSPS) is 10.7. The molecule has 0 atom stereocenters. The lowest BCUT2D eigenvalue weighted by atomic mass is 10.1. The smallest absolute Gasteiger partial charge is 0.251 e. The summed E-state index contributed by atoms with van der Waals surface area (Å²) in [6.45, 7) is 1.99. The van der Waals surface area contributed by atoms with E-state index in [1.807, 2.05) is 37.3 Å². The number of nitrogens with zero attached hydrogens (tertiary/aromatic N) is 2. The SMILES string of the molecule is Cc1cc(C(=O)NCCO)ccc1Nc1nccc(Oc2ccc(N)c3ccccc23)n1. The minimum atomic E-state index is -0.240. The van der Waals surface area contributed by atoms with Crippen LogP contribution in [0.25, 0.3) is 10.8 Å². The number of amides is 1. The second-order valence-corrected chi connectivity index (χ2v) is 7.15. The summed E-state index contributed by atoms with van der Waals surface area (Å²) in [5, 5.41) is 16.5. The first kappa shape index (κ1) is 21.1. The van der Waals surface area contributed by atoms with Gasteiger partial charge in [-0.15, -0.1) is 0 Å². The molecule has 32 heavy (non-hydrogen) atoms. The van der Waals surface area contributed by atoms with Gasteiger partial charge in [0.15, 0.2) is 0 Å². The largest absolute Gasteiger partial charge is 0.438 e. The number of carbonyl (C=O) groups is 1. The van der Waals surface area contributed by atoms with Gasteiger partial charge in [0, 0.05) is 46.5 Å². The molecule has 3 aromatic carbocycles. The van der Waals surface area contributed by atoms with E-state index in [1.165, 1.54) is 0 Å². The molecule has 1 heterocycles. The van der Waals surface area contributed by atoms with E-state index in [4.69, 9.17) is 15.6 Å². The van der Waals surface area contributed by atoms with Crippen LogP contribution in [0.5, 0.6) is 11.6 Å². The van der Waals surface area contributed by atoms with Crippen LogP contribution in [0.4, 0.5) is 17.3 Å². The monoisotopic (exact) mass is 429 g/mol. The van der Waals surface area contributed by atoms with Crippen LogP contribution in [0.1, 0.15) is 15.9 Å². The van der Waals surface area contributed by atoms with Crippen LogP contribution < -0.4 is 21.1 Å². The molecule has 8 heteroatoms. The molecule has 1 amide bonds. The molecule has 162 valence electrons. The van der Waals surface area contributed by atoms with E-state index in [0.717, 1.165) is 22.0 Å². The number of hydrogen-bond donors (Lipinski definition) is 4. The molecule has 0 aliphatic rings. The molecule has 0 spiro atoms. The van der Waals surface area contributed by atoms with Gasteiger partial charge in [0.1, 0.15) is 5.75 Å². The van der Waals surface area contributed by atoms with Crippen molar-refractivity contribution in [3.05, 3.63) is 78.0 Å². The average Bonchev–Trinajstić information content (AvgIpc) is 2.81. The highest BCUT2D eigenvalue weighted by molar-refractivity contribution is 5.97. The van der Waals surface area contributed by atoms with Crippen LogP contribution in [0.2, 0.25) is 0 Å². The van der Waals surface area contributed by atoms with E-state index in [9.17, 15) is 4.79 Å². The second kappa shape index (κ2) is 9.32. The fourth-order valence-electron chi connectivity index (χ4n) is 3.29. The summed E-state index contributed by atoms with van der Waals surface area (Å²) in [6.07, 6.45) is 1.61. The van der Waals surface area contributed by atoms with Gasteiger partial charge in [-0.1, -0.05) is 24.3 Å². The van der Waals surface area contributed by atoms with Gasteiger partial charge in [0.25, 0.3) is 5.91 Å². The second-order valence-electron chi connectivity index (χ2n) is 7.15. The van der Waals surface area contributed by atoms with Crippen molar-refractivity contribution in [2.24, 2.45) is 0 Å². The lowest BCUT2D eigenvalue weighted by Gasteiger charge is -2.12. The van der Waals surface area contributed by atoms with Gasteiger partial charge in [0.05, 0.1) is 6.61 Å². The van der Waals surface area contributed by atoms with Gasteiger partial charge in [-0.05, 0) is 42.8 Å². The first-order valence-corrected chi connectivity index (χ1v) is 10.1. The van der Waals surface area contributed by atoms with Crippen LogP contribution >= 0.6 is 0 Å². The van der Waals surface area contributed by atoms with E-state index in [-0.39, 0.29) is 19.1 Å². The predicted octanol–water partition coefficient (Wildman–Crippen LogP) is 3.78. The molecule has 0 bridgehead atoms. The summed E-state index contributed by atoms with van der Waals surface area (Å²) in [5.41, 5.74) is 8.87.